The second kappa shape index (κ2) is 4.62. The quantitative estimate of drug-likeness (QED) is 0.830. The first-order valence-corrected chi connectivity index (χ1v) is 7.49. The molecule has 2 rings (SSSR count). The Hall–Kier alpha value is -0.950. The van der Waals surface area contributed by atoms with Gasteiger partial charge in [-0.1, -0.05) is 28.1 Å². The number of benzene rings is 2. The number of hydrogen-bond donors (Lipinski definition) is 2. The molecule has 18 heavy (non-hydrogen) atoms. The van der Waals surface area contributed by atoms with Crippen LogP contribution in [-0.2, 0) is 10.1 Å². The SMILES string of the molecule is CC(N)c1cc(Br)cc2c(S(=O)(=O)O)cccc12. The molecule has 96 valence electrons. The van der Waals surface area contributed by atoms with Crippen molar-refractivity contribution >= 4 is 36.8 Å². The number of rotatable bonds is 2. The van der Waals surface area contributed by atoms with Crippen LogP contribution in [-0.4, -0.2) is 13.0 Å². The molecule has 0 bridgehead atoms. The van der Waals surface area contributed by atoms with Gasteiger partial charge in [0.05, 0.1) is 0 Å². The lowest BCUT2D eigenvalue weighted by Gasteiger charge is -2.12. The molecule has 0 heterocycles. The first kappa shape index (κ1) is 13.5. The first-order valence-electron chi connectivity index (χ1n) is 5.26. The van der Waals surface area contributed by atoms with E-state index < -0.39 is 10.1 Å². The second-order valence-corrected chi connectivity index (χ2v) is 6.42. The summed E-state index contributed by atoms with van der Waals surface area (Å²) in [6, 6.07) is 8.02. The van der Waals surface area contributed by atoms with Gasteiger partial charge >= 0.3 is 0 Å². The smallest absolute Gasteiger partial charge is 0.295 e. The molecule has 0 saturated carbocycles. The molecule has 0 aliphatic rings. The summed E-state index contributed by atoms with van der Waals surface area (Å²) >= 11 is 3.32. The third-order valence-corrected chi connectivity index (χ3v) is 4.09. The minimum atomic E-state index is -4.25. The van der Waals surface area contributed by atoms with Crippen molar-refractivity contribution < 1.29 is 13.0 Å². The maximum Gasteiger partial charge on any atom is 0.295 e. The van der Waals surface area contributed by atoms with E-state index >= 15 is 0 Å². The molecule has 0 radical (unpaired) electrons. The van der Waals surface area contributed by atoms with Crippen LogP contribution >= 0.6 is 15.9 Å². The van der Waals surface area contributed by atoms with E-state index in [0.29, 0.717) is 5.39 Å². The monoisotopic (exact) mass is 329 g/mol. The van der Waals surface area contributed by atoms with Gasteiger partial charge in [-0.2, -0.15) is 8.42 Å². The highest BCUT2D eigenvalue weighted by Crippen LogP contribution is 2.31. The Morgan fingerprint density at radius 2 is 1.94 bits per heavy atom. The van der Waals surface area contributed by atoms with Crippen LogP contribution in [0.15, 0.2) is 39.7 Å². The molecule has 0 aliphatic heterocycles. The van der Waals surface area contributed by atoms with Crippen molar-refractivity contribution in [3.63, 3.8) is 0 Å². The molecule has 3 N–H and O–H groups in total. The van der Waals surface area contributed by atoms with Gasteiger partial charge in [-0.15, -0.1) is 0 Å². The zero-order chi connectivity index (χ0) is 13.5. The molecular formula is C12H12BrNO3S. The van der Waals surface area contributed by atoms with E-state index in [9.17, 15) is 13.0 Å². The van der Waals surface area contributed by atoms with Crippen molar-refractivity contribution in [3.8, 4) is 0 Å². The van der Waals surface area contributed by atoms with E-state index in [4.69, 9.17) is 5.73 Å². The lowest BCUT2D eigenvalue weighted by Crippen LogP contribution is -2.07. The van der Waals surface area contributed by atoms with Crippen LogP contribution in [0.25, 0.3) is 10.8 Å². The highest BCUT2D eigenvalue weighted by Gasteiger charge is 2.16. The maximum atomic E-state index is 11.3. The van der Waals surface area contributed by atoms with Crippen LogP contribution in [0.1, 0.15) is 18.5 Å². The van der Waals surface area contributed by atoms with Crippen LogP contribution in [0.5, 0.6) is 0 Å². The Labute approximate surface area is 114 Å². The minimum absolute atomic E-state index is 0.108. The fraction of sp³-hybridized carbons (Fsp3) is 0.167. The summed E-state index contributed by atoms with van der Waals surface area (Å²) in [5.41, 5.74) is 6.70. The van der Waals surface area contributed by atoms with Crippen LogP contribution in [0.4, 0.5) is 0 Å². The van der Waals surface area contributed by atoms with Gasteiger partial charge in [-0.05, 0) is 36.1 Å². The molecule has 0 amide bonds. The van der Waals surface area contributed by atoms with Gasteiger partial charge in [-0.3, -0.25) is 4.55 Å². The molecule has 0 spiro atoms. The summed E-state index contributed by atoms with van der Waals surface area (Å²) in [6.07, 6.45) is 0. The fourth-order valence-electron chi connectivity index (χ4n) is 1.95. The highest BCUT2D eigenvalue weighted by atomic mass is 79.9. The summed E-state index contributed by atoms with van der Waals surface area (Å²) in [4.78, 5) is -0.108. The van der Waals surface area contributed by atoms with Gasteiger partial charge in [0.15, 0.2) is 0 Å². The van der Waals surface area contributed by atoms with Gasteiger partial charge in [0.25, 0.3) is 10.1 Å². The standard InChI is InChI=1S/C12H12BrNO3S/c1-7(14)10-5-8(13)6-11-9(10)3-2-4-12(11)18(15,16)17/h2-7H,14H2,1H3,(H,15,16,17). The van der Waals surface area contributed by atoms with Crippen molar-refractivity contribution in [3.05, 3.63) is 40.4 Å². The molecule has 0 fully saturated rings. The minimum Gasteiger partial charge on any atom is -0.324 e. The summed E-state index contributed by atoms with van der Waals surface area (Å²) in [5.74, 6) is 0. The molecule has 0 aromatic heterocycles. The lowest BCUT2D eigenvalue weighted by atomic mass is 10.0. The van der Waals surface area contributed by atoms with Gasteiger partial charge in [0.2, 0.25) is 0 Å². The fourth-order valence-corrected chi connectivity index (χ4v) is 3.13. The number of hydrogen-bond acceptors (Lipinski definition) is 3. The predicted octanol–water partition coefficient (Wildman–Crippen LogP) is 2.87. The van der Waals surface area contributed by atoms with Crippen LogP contribution in [0.2, 0.25) is 0 Å². The van der Waals surface area contributed by atoms with E-state index in [0.717, 1.165) is 15.4 Å². The van der Waals surface area contributed by atoms with Gasteiger partial charge in [-0.25, -0.2) is 0 Å². The Bertz CT molecular complexity index is 711. The van der Waals surface area contributed by atoms with E-state index in [1.807, 2.05) is 13.0 Å². The molecular weight excluding hydrogens is 318 g/mol. The van der Waals surface area contributed by atoms with E-state index in [1.54, 1.807) is 18.2 Å². The van der Waals surface area contributed by atoms with E-state index in [1.165, 1.54) is 6.07 Å². The molecule has 0 saturated heterocycles. The number of nitrogens with two attached hydrogens (primary N) is 1. The van der Waals surface area contributed by atoms with Crippen molar-refractivity contribution in [2.45, 2.75) is 17.9 Å². The van der Waals surface area contributed by atoms with E-state index in [-0.39, 0.29) is 10.9 Å². The van der Waals surface area contributed by atoms with Gasteiger partial charge < -0.3 is 5.73 Å². The number of fused-ring (bicyclic) bond motifs is 1. The average Bonchev–Trinajstić information content (AvgIpc) is 2.25. The van der Waals surface area contributed by atoms with Crippen LogP contribution in [0, 0.1) is 0 Å². The highest BCUT2D eigenvalue weighted by molar-refractivity contribution is 9.10. The van der Waals surface area contributed by atoms with Gasteiger partial charge in [0.1, 0.15) is 4.90 Å². The Morgan fingerprint density at radius 3 is 2.50 bits per heavy atom. The first-order chi connectivity index (χ1) is 8.30. The predicted molar refractivity (Wildman–Crippen MR) is 74.1 cm³/mol. The van der Waals surface area contributed by atoms with Crippen molar-refractivity contribution in [2.24, 2.45) is 5.73 Å². The summed E-state index contributed by atoms with van der Waals surface area (Å²) in [7, 11) is -4.25. The zero-order valence-corrected chi connectivity index (χ0v) is 12.0. The lowest BCUT2D eigenvalue weighted by molar-refractivity contribution is 0.484. The van der Waals surface area contributed by atoms with Crippen LogP contribution < -0.4 is 5.73 Å². The molecule has 1 atom stereocenters. The largest absolute Gasteiger partial charge is 0.324 e. The Kier molecular flexibility index (Phi) is 3.46. The van der Waals surface area contributed by atoms with Crippen molar-refractivity contribution in [1.82, 2.24) is 0 Å². The Balaban J connectivity index is 2.95. The molecule has 2 aromatic rings. The number of halogens is 1. The van der Waals surface area contributed by atoms with Crippen molar-refractivity contribution in [1.29, 1.82) is 0 Å². The third kappa shape index (κ3) is 2.42. The second-order valence-electron chi connectivity index (χ2n) is 4.11. The molecule has 2 aromatic carbocycles. The molecule has 1 unspecified atom stereocenters. The van der Waals surface area contributed by atoms with Crippen LogP contribution in [0.3, 0.4) is 0 Å². The average molecular weight is 330 g/mol. The van der Waals surface area contributed by atoms with Crippen molar-refractivity contribution in [2.75, 3.05) is 0 Å². The molecule has 6 heteroatoms. The zero-order valence-electron chi connectivity index (χ0n) is 9.59. The summed E-state index contributed by atoms with van der Waals surface area (Å²) in [6.45, 7) is 1.82. The maximum absolute atomic E-state index is 11.3. The topological polar surface area (TPSA) is 80.4 Å². The normalized spacial score (nSPS) is 13.8. The molecule has 4 nitrogen and oxygen atoms in total. The van der Waals surface area contributed by atoms with Gasteiger partial charge in [0, 0.05) is 15.9 Å². The van der Waals surface area contributed by atoms with E-state index in [2.05, 4.69) is 15.9 Å². The molecule has 0 aliphatic carbocycles. The third-order valence-electron chi connectivity index (χ3n) is 2.72. The summed E-state index contributed by atoms with van der Waals surface area (Å²) < 4.78 is 32.7. The Morgan fingerprint density at radius 1 is 1.28 bits per heavy atom. The summed E-state index contributed by atoms with van der Waals surface area (Å²) in [5, 5.41) is 1.19.